The molecule has 1 aliphatic rings. The van der Waals surface area contributed by atoms with Gasteiger partial charge < -0.3 is 9.88 Å². The van der Waals surface area contributed by atoms with Crippen LogP contribution in [0.2, 0.25) is 0 Å². The van der Waals surface area contributed by atoms with Crippen molar-refractivity contribution in [3.05, 3.63) is 18.2 Å². The third-order valence-electron chi connectivity index (χ3n) is 4.31. The smallest absolute Gasteiger partial charge is 0.217 e. The number of nitrogens with one attached hydrogen (secondary N) is 1. The summed E-state index contributed by atoms with van der Waals surface area (Å²) < 4.78 is 2.26. The maximum Gasteiger partial charge on any atom is 0.217 e. The van der Waals surface area contributed by atoms with Crippen molar-refractivity contribution in [3.63, 3.8) is 0 Å². The number of imidazole rings is 1. The Morgan fingerprint density at radius 2 is 2.23 bits per heavy atom. The first kappa shape index (κ1) is 17.0. The molecule has 22 heavy (non-hydrogen) atoms. The predicted molar refractivity (Wildman–Crippen MR) is 88.3 cm³/mol. The Bertz CT molecular complexity index is 483. The van der Waals surface area contributed by atoms with Crippen LogP contribution in [0.4, 0.5) is 0 Å². The van der Waals surface area contributed by atoms with Crippen molar-refractivity contribution in [2.24, 2.45) is 11.8 Å². The summed E-state index contributed by atoms with van der Waals surface area (Å²) in [5.41, 5.74) is 1.27. The molecule has 2 rings (SSSR count). The predicted octanol–water partition coefficient (Wildman–Crippen LogP) is 2.28. The van der Waals surface area contributed by atoms with Gasteiger partial charge >= 0.3 is 0 Å². The van der Waals surface area contributed by atoms with Crippen LogP contribution in [-0.4, -0.2) is 39.5 Å². The van der Waals surface area contributed by atoms with E-state index in [1.165, 1.54) is 18.5 Å². The lowest BCUT2D eigenvalue weighted by Gasteiger charge is -2.18. The van der Waals surface area contributed by atoms with Crippen LogP contribution in [0.25, 0.3) is 0 Å². The van der Waals surface area contributed by atoms with Crippen LogP contribution < -0.4 is 5.32 Å². The maximum atomic E-state index is 11.4. The van der Waals surface area contributed by atoms with Gasteiger partial charge in [0.1, 0.15) is 0 Å². The molecule has 0 bridgehead atoms. The summed E-state index contributed by atoms with van der Waals surface area (Å²) in [7, 11) is 0. The highest BCUT2D eigenvalue weighted by molar-refractivity contribution is 5.73. The Hall–Kier alpha value is -1.36. The number of likely N-dealkylation sites (tertiary alicyclic amines) is 1. The monoisotopic (exact) mass is 306 g/mol. The van der Waals surface area contributed by atoms with E-state index in [0.29, 0.717) is 17.9 Å². The van der Waals surface area contributed by atoms with Gasteiger partial charge in [0.2, 0.25) is 5.91 Å². The molecule has 1 saturated heterocycles. The van der Waals surface area contributed by atoms with E-state index in [9.17, 15) is 4.79 Å². The zero-order valence-corrected chi connectivity index (χ0v) is 14.4. The molecule has 2 atom stereocenters. The maximum absolute atomic E-state index is 11.4. The van der Waals surface area contributed by atoms with Gasteiger partial charge in [-0.25, -0.2) is 4.98 Å². The fourth-order valence-electron chi connectivity index (χ4n) is 3.44. The Kier molecular flexibility index (Phi) is 6.00. The van der Waals surface area contributed by atoms with Gasteiger partial charge in [-0.3, -0.25) is 9.69 Å². The Morgan fingerprint density at radius 3 is 2.86 bits per heavy atom. The molecule has 1 aliphatic heterocycles. The molecule has 0 aliphatic carbocycles. The van der Waals surface area contributed by atoms with Crippen molar-refractivity contribution < 1.29 is 4.79 Å². The first-order valence-corrected chi connectivity index (χ1v) is 8.48. The highest BCUT2D eigenvalue weighted by Crippen LogP contribution is 2.23. The summed E-state index contributed by atoms with van der Waals surface area (Å²) in [6.45, 7) is 12.2. The SMILES string of the molecule is CCC[C@@H]1CN(Cc2cncn2CC(C)C)C[C@H]1NC(C)=O. The average Bonchev–Trinajstić information content (AvgIpc) is 2.98. The molecule has 0 spiro atoms. The van der Waals surface area contributed by atoms with E-state index in [2.05, 4.69) is 40.5 Å². The Labute approximate surface area is 134 Å². The van der Waals surface area contributed by atoms with Crippen LogP contribution in [0.3, 0.4) is 0 Å². The standard InChI is InChI=1S/C17H30N4O/c1-5-6-15-9-20(11-17(15)19-14(4)22)10-16-7-18-12-21(16)8-13(2)3/h7,12-13,15,17H,5-6,8-11H2,1-4H3,(H,19,22)/t15-,17-/m1/s1. The van der Waals surface area contributed by atoms with Crippen LogP contribution >= 0.6 is 0 Å². The molecule has 2 heterocycles. The molecule has 124 valence electrons. The molecule has 5 nitrogen and oxygen atoms in total. The van der Waals surface area contributed by atoms with E-state index >= 15 is 0 Å². The lowest BCUT2D eigenvalue weighted by molar-refractivity contribution is -0.119. The minimum Gasteiger partial charge on any atom is -0.352 e. The van der Waals surface area contributed by atoms with Gasteiger partial charge in [-0.05, 0) is 18.3 Å². The van der Waals surface area contributed by atoms with Crippen LogP contribution in [0.5, 0.6) is 0 Å². The van der Waals surface area contributed by atoms with E-state index in [0.717, 1.165) is 26.2 Å². The summed E-state index contributed by atoms with van der Waals surface area (Å²) in [5, 5.41) is 3.13. The number of carbonyl (C=O) groups excluding carboxylic acids is 1. The summed E-state index contributed by atoms with van der Waals surface area (Å²) in [6.07, 6.45) is 6.25. The Morgan fingerprint density at radius 1 is 1.45 bits per heavy atom. The van der Waals surface area contributed by atoms with Gasteiger partial charge in [0.25, 0.3) is 0 Å². The van der Waals surface area contributed by atoms with Gasteiger partial charge in [-0.2, -0.15) is 0 Å². The van der Waals surface area contributed by atoms with E-state index in [1.807, 2.05) is 12.5 Å². The molecule has 0 unspecified atom stereocenters. The number of rotatable bonds is 7. The van der Waals surface area contributed by atoms with Crippen molar-refractivity contribution >= 4 is 5.91 Å². The average molecular weight is 306 g/mol. The molecular weight excluding hydrogens is 276 g/mol. The molecule has 1 amide bonds. The van der Waals surface area contributed by atoms with Crippen molar-refractivity contribution in [1.29, 1.82) is 0 Å². The number of hydrogen-bond donors (Lipinski definition) is 1. The highest BCUT2D eigenvalue weighted by Gasteiger charge is 2.32. The minimum atomic E-state index is 0.0813. The number of hydrogen-bond acceptors (Lipinski definition) is 3. The van der Waals surface area contributed by atoms with Crippen LogP contribution in [0, 0.1) is 11.8 Å². The number of aromatic nitrogens is 2. The van der Waals surface area contributed by atoms with E-state index in [4.69, 9.17) is 0 Å². The molecule has 5 heteroatoms. The summed E-state index contributed by atoms with van der Waals surface area (Å²) in [6, 6.07) is 0.291. The van der Waals surface area contributed by atoms with Crippen molar-refractivity contribution in [1.82, 2.24) is 19.8 Å². The largest absolute Gasteiger partial charge is 0.352 e. The van der Waals surface area contributed by atoms with Crippen molar-refractivity contribution in [2.75, 3.05) is 13.1 Å². The van der Waals surface area contributed by atoms with Crippen molar-refractivity contribution in [3.8, 4) is 0 Å². The minimum absolute atomic E-state index is 0.0813. The molecule has 1 aromatic rings. The zero-order valence-electron chi connectivity index (χ0n) is 14.4. The molecular formula is C17H30N4O. The second-order valence-electron chi connectivity index (χ2n) is 6.98. The molecule has 0 aromatic carbocycles. The first-order valence-electron chi connectivity index (χ1n) is 8.48. The summed E-state index contributed by atoms with van der Waals surface area (Å²) in [4.78, 5) is 18.2. The van der Waals surface area contributed by atoms with E-state index in [-0.39, 0.29) is 5.91 Å². The van der Waals surface area contributed by atoms with Gasteiger partial charge in [-0.15, -0.1) is 0 Å². The zero-order chi connectivity index (χ0) is 16.1. The quantitative estimate of drug-likeness (QED) is 0.841. The van der Waals surface area contributed by atoms with E-state index < -0.39 is 0 Å². The first-order chi connectivity index (χ1) is 10.5. The van der Waals surface area contributed by atoms with Gasteiger partial charge in [-0.1, -0.05) is 27.2 Å². The fourth-order valence-corrected chi connectivity index (χ4v) is 3.44. The lowest BCUT2D eigenvalue weighted by atomic mass is 9.98. The van der Waals surface area contributed by atoms with Gasteiger partial charge in [0, 0.05) is 45.3 Å². The Balaban J connectivity index is 1.98. The molecule has 0 radical (unpaired) electrons. The topological polar surface area (TPSA) is 50.2 Å². The van der Waals surface area contributed by atoms with Crippen LogP contribution in [0.1, 0.15) is 46.2 Å². The molecule has 1 fully saturated rings. The second-order valence-corrected chi connectivity index (χ2v) is 6.98. The van der Waals surface area contributed by atoms with Crippen molar-refractivity contribution in [2.45, 2.75) is 59.7 Å². The molecule has 1 aromatic heterocycles. The van der Waals surface area contributed by atoms with Crippen LogP contribution in [-0.2, 0) is 17.9 Å². The summed E-state index contributed by atoms with van der Waals surface area (Å²) in [5.74, 6) is 1.26. The third-order valence-corrected chi connectivity index (χ3v) is 4.31. The highest BCUT2D eigenvalue weighted by atomic mass is 16.1. The van der Waals surface area contributed by atoms with E-state index in [1.54, 1.807) is 6.92 Å². The third kappa shape index (κ3) is 4.57. The number of nitrogens with zero attached hydrogens (tertiary/aromatic N) is 3. The second kappa shape index (κ2) is 7.77. The molecule has 1 N–H and O–H groups in total. The van der Waals surface area contributed by atoms with Gasteiger partial charge in [0.15, 0.2) is 0 Å². The summed E-state index contributed by atoms with van der Waals surface area (Å²) >= 11 is 0. The fraction of sp³-hybridized carbons (Fsp3) is 0.765. The molecule has 0 saturated carbocycles. The number of carbonyl (C=O) groups is 1. The number of amides is 1. The normalized spacial score (nSPS) is 22.4. The van der Waals surface area contributed by atoms with Gasteiger partial charge in [0.05, 0.1) is 12.0 Å². The van der Waals surface area contributed by atoms with Crippen LogP contribution in [0.15, 0.2) is 12.5 Å². The lowest BCUT2D eigenvalue weighted by Crippen LogP contribution is -2.39.